The van der Waals surface area contributed by atoms with Crippen LogP contribution in [0.15, 0.2) is 0 Å². The van der Waals surface area contributed by atoms with Crippen LogP contribution in [0.3, 0.4) is 0 Å². The van der Waals surface area contributed by atoms with Crippen LogP contribution in [0.25, 0.3) is 0 Å². The highest BCUT2D eigenvalue weighted by Crippen LogP contribution is 2.37. The van der Waals surface area contributed by atoms with Crippen LogP contribution >= 0.6 is 0 Å². The first-order valence-electron chi connectivity index (χ1n) is 6.55. The summed E-state index contributed by atoms with van der Waals surface area (Å²) < 4.78 is 0. The fourth-order valence-electron chi connectivity index (χ4n) is 2.47. The average Bonchev–Trinajstić information content (AvgIpc) is 2.75. The van der Waals surface area contributed by atoms with E-state index in [4.69, 9.17) is 10.8 Å². The first-order valence-corrected chi connectivity index (χ1v) is 6.55. The van der Waals surface area contributed by atoms with E-state index >= 15 is 0 Å². The molecule has 0 aromatic carbocycles. The monoisotopic (exact) mass is 242 g/mol. The quantitative estimate of drug-likeness (QED) is 0.651. The molecule has 1 saturated carbocycles. The van der Waals surface area contributed by atoms with Crippen molar-refractivity contribution in [3.8, 4) is 0 Å². The van der Waals surface area contributed by atoms with Crippen LogP contribution in [0.4, 0.5) is 0 Å². The maximum absolute atomic E-state index is 12.2. The molecule has 1 aliphatic rings. The highest BCUT2D eigenvalue weighted by molar-refractivity contribution is 5.83. The van der Waals surface area contributed by atoms with Crippen molar-refractivity contribution in [2.45, 2.75) is 46.0 Å². The summed E-state index contributed by atoms with van der Waals surface area (Å²) in [6.45, 7) is 5.30. The number of nitrogens with two attached hydrogens (primary N) is 1. The smallest absolute Gasteiger partial charge is 0.227 e. The van der Waals surface area contributed by atoms with Gasteiger partial charge in [0.05, 0.1) is 5.41 Å². The summed E-state index contributed by atoms with van der Waals surface area (Å²) in [5.41, 5.74) is 5.39. The van der Waals surface area contributed by atoms with Crippen LogP contribution in [-0.4, -0.2) is 30.7 Å². The first-order chi connectivity index (χ1) is 7.96. The second-order valence-electron chi connectivity index (χ2n) is 6.01. The van der Waals surface area contributed by atoms with Crippen molar-refractivity contribution in [3.05, 3.63) is 0 Å². The fourth-order valence-corrected chi connectivity index (χ4v) is 2.47. The van der Waals surface area contributed by atoms with Gasteiger partial charge in [-0.1, -0.05) is 26.7 Å². The predicted molar refractivity (Wildman–Crippen MR) is 68.4 cm³/mol. The van der Waals surface area contributed by atoms with Crippen LogP contribution in [0.2, 0.25) is 0 Å². The van der Waals surface area contributed by atoms with Crippen molar-refractivity contribution >= 4 is 5.91 Å². The number of aliphatic hydroxyl groups excluding tert-OH is 1. The molecule has 0 spiro atoms. The second kappa shape index (κ2) is 5.83. The summed E-state index contributed by atoms with van der Waals surface area (Å²) in [6.07, 6.45) is 4.73. The number of nitrogens with one attached hydrogen (secondary N) is 1. The van der Waals surface area contributed by atoms with E-state index in [0.717, 1.165) is 25.7 Å². The lowest BCUT2D eigenvalue weighted by molar-refractivity contribution is -0.130. The Balaban J connectivity index is 2.48. The van der Waals surface area contributed by atoms with Crippen LogP contribution in [0, 0.1) is 10.8 Å². The summed E-state index contributed by atoms with van der Waals surface area (Å²) >= 11 is 0. The molecule has 0 bridgehead atoms. The standard InChI is InChI=1S/C13H26N2O2/c1-12(2,7-8-16)10-15-11(17)13(9-14)5-3-4-6-13/h16H,3-10,14H2,1-2H3,(H,15,17). The predicted octanol–water partition coefficient (Wildman–Crippen LogP) is 1.03. The Labute approximate surface area is 104 Å². The van der Waals surface area contributed by atoms with Gasteiger partial charge in [-0.15, -0.1) is 0 Å². The second-order valence-corrected chi connectivity index (χ2v) is 6.01. The lowest BCUT2D eigenvalue weighted by atomic mass is 9.84. The Morgan fingerprint density at radius 1 is 1.41 bits per heavy atom. The summed E-state index contributed by atoms with van der Waals surface area (Å²) in [7, 11) is 0. The zero-order chi connectivity index (χ0) is 12.9. The number of carbonyl (C=O) groups excluding carboxylic acids is 1. The third kappa shape index (κ3) is 3.68. The number of rotatable bonds is 6. The molecule has 0 saturated heterocycles. The number of carbonyl (C=O) groups is 1. The Kier molecular flexibility index (Phi) is 4.95. The zero-order valence-corrected chi connectivity index (χ0v) is 11.1. The Morgan fingerprint density at radius 2 is 2.00 bits per heavy atom. The minimum absolute atomic E-state index is 0.0567. The minimum Gasteiger partial charge on any atom is -0.396 e. The molecular weight excluding hydrogens is 216 g/mol. The summed E-state index contributed by atoms with van der Waals surface area (Å²) in [5.74, 6) is 0.100. The maximum atomic E-state index is 12.2. The molecule has 0 radical (unpaired) electrons. The molecule has 17 heavy (non-hydrogen) atoms. The Morgan fingerprint density at radius 3 is 2.47 bits per heavy atom. The zero-order valence-electron chi connectivity index (χ0n) is 11.1. The molecule has 0 heterocycles. The van der Waals surface area contributed by atoms with E-state index in [-0.39, 0.29) is 23.3 Å². The largest absolute Gasteiger partial charge is 0.396 e. The number of hydrogen-bond donors (Lipinski definition) is 3. The lowest BCUT2D eigenvalue weighted by Crippen LogP contribution is -2.46. The van der Waals surface area contributed by atoms with Gasteiger partial charge in [-0.25, -0.2) is 0 Å². The summed E-state index contributed by atoms with van der Waals surface area (Å²) in [6, 6.07) is 0. The van der Waals surface area contributed by atoms with Crippen molar-refractivity contribution in [3.63, 3.8) is 0 Å². The van der Waals surface area contributed by atoms with Gasteiger partial charge in [-0.05, 0) is 24.7 Å². The molecule has 0 aromatic heterocycles. The van der Waals surface area contributed by atoms with Crippen molar-refractivity contribution in [1.82, 2.24) is 5.32 Å². The van der Waals surface area contributed by atoms with E-state index in [9.17, 15) is 4.79 Å². The van der Waals surface area contributed by atoms with Gasteiger partial charge in [0.15, 0.2) is 0 Å². The van der Waals surface area contributed by atoms with Crippen LogP contribution < -0.4 is 11.1 Å². The highest BCUT2D eigenvalue weighted by atomic mass is 16.3. The van der Waals surface area contributed by atoms with Gasteiger partial charge in [0, 0.05) is 19.7 Å². The number of amides is 1. The van der Waals surface area contributed by atoms with Crippen molar-refractivity contribution < 1.29 is 9.90 Å². The van der Waals surface area contributed by atoms with Crippen molar-refractivity contribution in [1.29, 1.82) is 0 Å². The number of hydrogen-bond acceptors (Lipinski definition) is 3. The molecule has 0 aromatic rings. The summed E-state index contributed by atoms with van der Waals surface area (Å²) in [4.78, 5) is 12.2. The van der Waals surface area contributed by atoms with Crippen LogP contribution in [-0.2, 0) is 4.79 Å². The van der Waals surface area contributed by atoms with E-state index in [0.29, 0.717) is 19.5 Å². The van der Waals surface area contributed by atoms with E-state index in [1.165, 1.54) is 0 Å². The maximum Gasteiger partial charge on any atom is 0.227 e. The van der Waals surface area contributed by atoms with E-state index in [2.05, 4.69) is 5.32 Å². The average molecular weight is 242 g/mol. The van der Waals surface area contributed by atoms with E-state index in [1.807, 2.05) is 13.8 Å². The Hall–Kier alpha value is -0.610. The van der Waals surface area contributed by atoms with Gasteiger partial charge in [-0.3, -0.25) is 4.79 Å². The SMILES string of the molecule is CC(C)(CCO)CNC(=O)C1(CN)CCCC1. The highest BCUT2D eigenvalue weighted by Gasteiger charge is 2.40. The minimum atomic E-state index is -0.324. The van der Waals surface area contributed by atoms with Gasteiger partial charge < -0.3 is 16.2 Å². The van der Waals surface area contributed by atoms with Crippen molar-refractivity contribution in [2.24, 2.45) is 16.6 Å². The van der Waals surface area contributed by atoms with E-state index in [1.54, 1.807) is 0 Å². The molecule has 1 amide bonds. The summed E-state index contributed by atoms with van der Waals surface area (Å²) in [5, 5.41) is 12.0. The molecule has 1 fully saturated rings. The van der Waals surface area contributed by atoms with Gasteiger partial charge in [0.1, 0.15) is 0 Å². The lowest BCUT2D eigenvalue weighted by Gasteiger charge is -2.29. The molecule has 100 valence electrons. The first kappa shape index (κ1) is 14.5. The Bertz CT molecular complexity index is 258. The van der Waals surface area contributed by atoms with Gasteiger partial charge in [0.25, 0.3) is 0 Å². The molecule has 4 N–H and O–H groups in total. The normalized spacial score (nSPS) is 19.3. The molecule has 1 aliphatic carbocycles. The van der Waals surface area contributed by atoms with Gasteiger partial charge >= 0.3 is 0 Å². The molecule has 0 atom stereocenters. The molecule has 4 nitrogen and oxygen atoms in total. The van der Waals surface area contributed by atoms with Crippen LogP contribution in [0.5, 0.6) is 0 Å². The molecule has 1 rings (SSSR count). The fraction of sp³-hybridized carbons (Fsp3) is 0.923. The van der Waals surface area contributed by atoms with Crippen molar-refractivity contribution in [2.75, 3.05) is 19.7 Å². The van der Waals surface area contributed by atoms with Crippen LogP contribution in [0.1, 0.15) is 46.0 Å². The molecule has 0 aliphatic heterocycles. The topological polar surface area (TPSA) is 75.3 Å². The van der Waals surface area contributed by atoms with Gasteiger partial charge in [0.2, 0.25) is 5.91 Å². The third-order valence-corrected chi connectivity index (χ3v) is 3.95. The van der Waals surface area contributed by atoms with E-state index < -0.39 is 0 Å². The molecule has 0 unspecified atom stereocenters. The number of aliphatic hydroxyl groups is 1. The molecular formula is C13H26N2O2. The molecule has 4 heteroatoms. The van der Waals surface area contributed by atoms with Gasteiger partial charge in [-0.2, -0.15) is 0 Å². The third-order valence-electron chi connectivity index (χ3n) is 3.95.